The predicted octanol–water partition coefficient (Wildman–Crippen LogP) is 1.12. The molecule has 0 atom stereocenters. The molecule has 0 amide bonds. The smallest absolute Gasteiger partial charge is 0.250 e. The molecule has 7 heteroatoms. The van der Waals surface area contributed by atoms with E-state index in [-0.39, 0.29) is 5.56 Å². The van der Waals surface area contributed by atoms with Crippen LogP contribution in [0.3, 0.4) is 0 Å². The van der Waals surface area contributed by atoms with Crippen molar-refractivity contribution >= 4 is 5.96 Å². The van der Waals surface area contributed by atoms with Gasteiger partial charge in [-0.15, -0.1) is 0 Å². The molecule has 0 saturated heterocycles. The van der Waals surface area contributed by atoms with Gasteiger partial charge >= 0.3 is 0 Å². The zero-order valence-corrected chi connectivity index (χ0v) is 14.4. The second-order valence-corrected chi connectivity index (χ2v) is 5.51. The highest BCUT2D eigenvalue weighted by Crippen LogP contribution is 1.98. The first-order valence-corrected chi connectivity index (χ1v) is 8.35. The average molecular weight is 330 g/mol. The average Bonchev–Trinajstić information content (AvgIpc) is 2.99. The molecule has 2 aromatic rings. The van der Waals surface area contributed by atoms with Crippen molar-refractivity contribution in [3.63, 3.8) is 0 Å². The SMILES string of the molecule is CCNC(=NCc1ccnn1C)NCCCCn1ccccc1=O. The molecule has 0 aliphatic rings. The maximum atomic E-state index is 11.6. The molecule has 24 heavy (non-hydrogen) atoms. The molecule has 2 aromatic heterocycles. The molecule has 0 aromatic carbocycles. The summed E-state index contributed by atoms with van der Waals surface area (Å²) in [6, 6.07) is 7.20. The van der Waals surface area contributed by atoms with E-state index >= 15 is 0 Å². The van der Waals surface area contributed by atoms with E-state index in [4.69, 9.17) is 0 Å². The van der Waals surface area contributed by atoms with Crippen LogP contribution in [0.2, 0.25) is 0 Å². The van der Waals surface area contributed by atoms with Gasteiger partial charge in [-0.2, -0.15) is 5.10 Å². The Labute approximate surface area is 142 Å². The topological polar surface area (TPSA) is 76.2 Å². The minimum atomic E-state index is 0.0523. The highest BCUT2D eigenvalue weighted by Gasteiger charge is 2.00. The van der Waals surface area contributed by atoms with Crippen LogP contribution in [0.15, 0.2) is 46.4 Å². The number of guanidine groups is 1. The number of nitrogens with zero attached hydrogens (tertiary/aromatic N) is 4. The van der Waals surface area contributed by atoms with Crippen molar-refractivity contribution < 1.29 is 0 Å². The van der Waals surface area contributed by atoms with Gasteiger partial charge in [-0.25, -0.2) is 4.99 Å². The Kier molecular flexibility index (Phi) is 7.07. The second kappa shape index (κ2) is 9.54. The van der Waals surface area contributed by atoms with Crippen molar-refractivity contribution in [3.05, 3.63) is 52.7 Å². The van der Waals surface area contributed by atoms with Gasteiger partial charge in [0.2, 0.25) is 5.56 Å². The van der Waals surface area contributed by atoms with Gasteiger partial charge in [-0.3, -0.25) is 9.48 Å². The van der Waals surface area contributed by atoms with E-state index in [1.807, 2.05) is 37.0 Å². The molecular formula is C17H26N6O. The van der Waals surface area contributed by atoms with Gasteiger partial charge in [0.1, 0.15) is 0 Å². The highest BCUT2D eigenvalue weighted by molar-refractivity contribution is 5.79. The standard InChI is InChI=1S/C17H26N6O/c1-3-18-17(20-14-15-9-11-21-22(15)2)19-10-5-7-13-23-12-6-4-8-16(23)24/h4,6,8-9,11-12H,3,5,7,10,13-14H2,1-2H3,(H2,18,19,20). The maximum Gasteiger partial charge on any atom is 0.250 e. The molecule has 2 N–H and O–H groups in total. The van der Waals surface area contributed by atoms with Crippen LogP contribution < -0.4 is 16.2 Å². The second-order valence-electron chi connectivity index (χ2n) is 5.51. The van der Waals surface area contributed by atoms with E-state index in [1.165, 1.54) is 0 Å². The summed E-state index contributed by atoms with van der Waals surface area (Å²) in [4.78, 5) is 16.2. The van der Waals surface area contributed by atoms with Gasteiger partial charge in [0, 0.05) is 45.1 Å². The van der Waals surface area contributed by atoms with Gasteiger partial charge in [-0.05, 0) is 31.9 Å². The monoisotopic (exact) mass is 330 g/mol. The number of rotatable bonds is 8. The molecule has 0 aliphatic heterocycles. The Morgan fingerprint density at radius 1 is 1.25 bits per heavy atom. The molecule has 0 fully saturated rings. The molecule has 0 unspecified atom stereocenters. The van der Waals surface area contributed by atoms with Crippen LogP contribution >= 0.6 is 0 Å². The number of aliphatic imine (C=N–C) groups is 1. The van der Waals surface area contributed by atoms with E-state index in [1.54, 1.807) is 22.9 Å². The van der Waals surface area contributed by atoms with Crippen LogP contribution in [0.5, 0.6) is 0 Å². The Morgan fingerprint density at radius 2 is 2.12 bits per heavy atom. The molecule has 2 rings (SSSR count). The molecule has 0 radical (unpaired) electrons. The van der Waals surface area contributed by atoms with Crippen LogP contribution in [-0.2, 0) is 20.1 Å². The molecule has 7 nitrogen and oxygen atoms in total. The van der Waals surface area contributed by atoms with Crippen LogP contribution in [0.1, 0.15) is 25.5 Å². The normalized spacial score (nSPS) is 11.5. The van der Waals surface area contributed by atoms with Crippen LogP contribution in [0.25, 0.3) is 0 Å². The van der Waals surface area contributed by atoms with Crippen molar-refractivity contribution in [1.29, 1.82) is 0 Å². The summed E-state index contributed by atoms with van der Waals surface area (Å²) in [5, 5.41) is 10.7. The summed E-state index contributed by atoms with van der Waals surface area (Å²) < 4.78 is 3.56. The summed E-state index contributed by atoms with van der Waals surface area (Å²) in [5.74, 6) is 0.801. The fraction of sp³-hybridized carbons (Fsp3) is 0.471. The minimum Gasteiger partial charge on any atom is -0.357 e. The number of hydrogen-bond donors (Lipinski definition) is 2. The van der Waals surface area contributed by atoms with E-state index < -0.39 is 0 Å². The van der Waals surface area contributed by atoms with Gasteiger partial charge in [0.15, 0.2) is 5.96 Å². The van der Waals surface area contributed by atoms with Crippen LogP contribution in [0, 0.1) is 0 Å². The summed E-state index contributed by atoms with van der Waals surface area (Å²) >= 11 is 0. The molecule has 0 bridgehead atoms. The van der Waals surface area contributed by atoms with Crippen LogP contribution in [-0.4, -0.2) is 33.4 Å². The lowest BCUT2D eigenvalue weighted by Crippen LogP contribution is -2.37. The molecule has 0 saturated carbocycles. The maximum absolute atomic E-state index is 11.6. The molecule has 0 aliphatic carbocycles. The van der Waals surface area contributed by atoms with Gasteiger partial charge in [0.25, 0.3) is 0 Å². The summed E-state index contributed by atoms with van der Waals surface area (Å²) in [6.45, 7) is 5.01. The van der Waals surface area contributed by atoms with E-state index in [0.29, 0.717) is 6.54 Å². The number of aromatic nitrogens is 3. The number of nitrogens with one attached hydrogen (secondary N) is 2. The first-order chi connectivity index (χ1) is 11.7. The molecule has 0 spiro atoms. The molecule has 2 heterocycles. The fourth-order valence-corrected chi connectivity index (χ4v) is 2.32. The third kappa shape index (κ3) is 5.57. The lowest BCUT2D eigenvalue weighted by Gasteiger charge is -2.11. The zero-order valence-electron chi connectivity index (χ0n) is 14.4. The Hall–Kier alpha value is -2.57. The molecular weight excluding hydrogens is 304 g/mol. The number of pyridine rings is 1. The van der Waals surface area contributed by atoms with E-state index in [9.17, 15) is 4.79 Å². The summed E-state index contributed by atoms with van der Waals surface area (Å²) in [5.41, 5.74) is 1.12. The fourth-order valence-electron chi connectivity index (χ4n) is 2.32. The quantitative estimate of drug-likeness (QED) is 0.432. The van der Waals surface area contributed by atoms with Crippen molar-refractivity contribution in [1.82, 2.24) is 25.0 Å². The van der Waals surface area contributed by atoms with Gasteiger partial charge in [0.05, 0.1) is 12.2 Å². The van der Waals surface area contributed by atoms with E-state index in [2.05, 4.69) is 20.7 Å². The predicted molar refractivity (Wildman–Crippen MR) is 96.0 cm³/mol. The van der Waals surface area contributed by atoms with Crippen molar-refractivity contribution in [2.45, 2.75) is 32.9 Å². The lowest BCUT2D eigenvalue weighted by molar-refractivity contribution is 0.585. The summed E-state index contributed by atoms with van der Waals surface area (Å²) in [7, 11) is 1.91. The first-order valence-electron chi connectivity index (χ1n) is 8.35. The van der Waals surface area contributed by atoms with Gasteiger partial charge < -0.3 is 15.2 Å². The third-order valence-corrected chi connectivity index (χ3v) is 3.68. The third-order valence-electron chi connectivity index (χ3n) is 3.68. The Morgan fingerprint density at radius 3 is 2.83 bits per heavy atom. The Bertz CT molecular complexity index is 703. The number of aryl methyl sites for hydroxylation is 2. The number of hydrogen-bond acceptors (Lipinski definition) is 3. The van der Waals surface area contributed by atoms with Crippen molar-refractivity contribution in [3.8, 4) is 0 Å². The zero-order chi connectivity index (χ0) is 17.2. The van der Waals surface area contributed by atoms with Crippen LogP contribution in [0.4, 0.5) is 0 Å². The highest BCUT2D eigenvalue weighted by atomic mass is 16.1. The Balaban J connectivity index is 1.74. The number of unbranched alkanes of at least 4 members (excludes halogenated alkanes) is 1. The van der Waals surface area contributed by atoms with Gasteiger partial charge in [-0.1, -0.05) is 6.07 Å². The lowest BCUT2D eigenvalue weighted by atomic mass is 10.3. The largest absolute Gasteiger partial charge is 0.357 e. The molecule has 130 valence electrons. The van der Waals surface area contributed by atoms with Crippen molar-refractivity contribution in [2.24, 2.45) is 12.0 Å². The first kappa shape index (κ1) is 17.8. The minimum absolute atomic E-state index is 0.0523. The van der Waals surface area contributed by atoms with E-state index in [0.717, 1.165) is 44.1 Å². The van der Waals surface area contributed by atoms with Crippen molar-refractivity contribution in [2.75, 3.05) is 13.1 Å². The summed E-state index contributed by atoms with van der Waals surface area (Å²) in [6.07, 6.45) is 5.52.